The molecule has 2 N–H and O–H groups in total. The minimum Gasteiger partial charge on any atom is -0.330 e. The first-order valence-electron chi connectivity index (χ1n) is 4.92. The molecule has 0 aliphatic rings. The molecule has 0 aromatic rings. The second-order valence-corrected chi connectivity index (χ2v) is 3.67. The molecule has 0 aromatic carbocycles. The van der Waals surface area contributed by atoms with Crippen molar-refractivity contribution in [3.8, 4) is 0 Å². The van der Waals surface area contributed by atoms with Crippen LogP contribution in [0, 0.1) is 11.8 Å². The van der Waals surface area contributed by atoms with E-state index in [9.17, 15) is 0 Å². The molecule has 0 amide bonds. The van der Waals surface area contributed by atoms with E-state index in [1.807, 2.05) is 0 Å². The lowest BCUT2D eigenvalue weighted by Gasteiger charge is -2.18. The Balaban J connectivity index is 3.38. The molecule has 0 spiro atoms. The van der Waals surface area contributed by atoms with Crippen LogP contribution in [-0.4, -0.2) is 6.54 Å². The normalized spacial score (nSPS) is 16.4. The van der Waals surface area contributed by atoms with E-state index in [-0.39, 0.29) is 0 Å². The lowest BCUT2D eigenvalue weighted by Crippen LogP contribution is -2.13. The van der Waals surface area contributed by atoms with Gasteiger partial charge < -0.3 is 5.73 Å². The summed E-state index contributed by atoms with van der Waals surface area (Å²) in [5.41, 5.74) is 5.50. The molecular formula is C10H23N. The molecule has 0 saturated carbocycles. The summed E-state index contributed by atoms with van der Waals surface area (Å²) in [4.78, 5) is 0. The van der Waals surface area contributed by atoms with Crippen molar-refractivity contribution in [1.82, 2.24) is 0 Å². The zero-order valence-electron chi connectivity index (χ0n) is 8.27. The maximum absolute atomic E-state index is 5.50. The molecule has 1 heteroatoms. The summed E-state index contributed by atoms with van der Waals surface area (Å²) in [6, 6.07) is 0. The van der Waals surface area contributed by atoms with Crippen LogP contribution in [0.3, 0.4) is 0 Å². The van der Waals surface area contributed by atoms with Crippen LogP contribution in [0.4, 0.5) is 0 Å². The highest BCUT2D eigenvalue weighted by Gasteiger charge is 2.09. The molecule has 0 radical (unpaired) electrons. The number of hydrogen-bond donors (Lipinski definition) is 1. The molecule has 1 nitrogen and oxygen atoms in total. The average Bonchev–Trinajstić information content (AvgIpc) is 2.00. The van der Waals surface area contributed by atoms with E-state index >= 15 is 0 Å². The van der Waals surface area contributed by atoms with Crippen molar-refractivity contribution in [3.63, 3.8) is 0 Å². The van der Waals surface area contributed by atoms with Gasteiger partial charge in [0, 0.05) is 0 Å². The van der Waals surface area contributed by atoms with Gasteiger partial charge in [0.25, 0.3) is 0 Å². The van der Waals surface area contributed by atoms with Crippen LogP contribution >= 0.6 is 0 Å². The summed E-state index contributed by atoms with van der Waals surface area (Å²) in [6.07, 6.45) is 5.25. The Morgan fingerprint density at radius 2 is 1.64 bits per heavy atom. The summed E-state index contributed by atoms with van der Waals surface area (Å²) in [5, 5.41) is 0. The van der Waals surface area contributed by atoms with Crippen molar-refractivity contribution < 1.29 is 0 Å². The minimum atomic E-state index is 0.812. The van der Waals surface area contributed by atoms with Crippen molar-refractivity contribution in [3.05, 3.63) is 0 Å². The fourth-order valence-corrected chi connectivity index (χ4v) is 1.36. The maximum atomic E-state index is 5.50. The summed E-state index contributed by atoms with van der Waals surface area (Å²) >= 11 is 0. The van der Waals surface area contributed by atoms with Crippen LogP contribution in [0.2, 0.25) is 0 Å². The van der Waals surface area contributed by atoms with Gasteiger partial charge in [0.15, 0.2) is 0 Å². The predicted octanol–water partition coefficient (Wildman–Crippen LogP) is 2.80. The fraction of sp³-hybridized carbons (Fsp3) is 1.00. The van der Waals surface area contributed by atoms with Gasteiger partial charge in [-0.3, -0.25) is 0 Å². The zero-order chi connectivity index (χ0) is 8.69. The number of rotatable bonds is 6. The first-order chi connectivity index (χ1) is 5.22. The molecule has 0 aliphatic carbocycles. The van der Waals surface area contributed by atoms with Gasteiger partial charge in [-0.25, -0.2) is 0 Å². The SMILES string of the molecule is CCCCC(C)C(C)CCN. The van der Waals surface area contributed by atoms with Crippen LogP contribution in [0.1, 0.15) is 46.5 Å². The zero-order valence-corrected chi connectivity index (χ0v) is 8.27. The lowest BCUT2D eigenvalue weighted by molar-refractivity contribution is 0.340. The molecule has 2 unspecified atom stereocenters. The summed E-state index contributed by atoms with van der Waals surface area (Å²) < 4.78 is 0. The van der Waals surface area contributed by atoms with E-state index in [1.165, 1.54) is 25.7 Å². The molecule has 0 bridgehead atoms. The smallest absolute Gasteiger partial charge is 0.00746 e. The van der Waals surface area contributed by atoms with Crippen molar-refractivity contribution >= 4 is 0 Å². The topological polar surface area (TPSA) is 26.0 Å². The summed E-state index contributed by atoms with van der Waals surface area (Å²) in [6.45, 7) is 7.75. The average molecular weight is 157 g/mol. The minimum absolute atomic E-state index is 0.812. The van der Waals surface area contributed by atoms with E-state index in [0.29, 0.717) is 0 Å². The van der Waals surface area contributed by atoms with Crippen LogP contribution in [0.5, 0.6) is 0 Å². The third kappa shape index (κ3) is 5.25. The predicted molar refractivity (Wildman–Crippen MR) is 51.5 cm³/mol. The third-order valence-corrected chi connectivity index (χ3v) is 2.61. The Kier molecular flexibility index (Phi) is 6.63. The molecule has 2 atom stereocenters. The van der Waals surface area contributed by atoms with Crippen LogP contribution in [-0.2, 0) is 0 Å². The molecule has 0 rings (SSSR count). The standard InChI is InChI=1S/C10H23N/c1-4-5-6-9(2)10(3)7-8-11/h9-10H,4-8,11H2,1-3H3. The van der Waals surface area contributed by atoms with Crippen molar-refractivity contribution in [2.75, 3.05) is 6.54 Å². The van der Waals surface area contributed by atoms with Gasteiger partial charge in [0.05, 0.1) is 0 Å². The molecule has 0 aliphatic heterocycles. The number of unbranched alkanes of at least 4 members (excludes halogenated alkanes) is 1. The van der Waals surface area contributed by atoms with E-state index in [0.717, 1.165) is 18.4 Å². The third-order valence-electron chi connectivity index (χ3n) is 2.61. The second-order valence-electron chi connectivity index (χ2n) is 3.67. The quantitative estimate of drug-likeness (QED) is 0.630. The highest BCUT2D eigenvalue weighted by Crippen LogP contribution is 2.19. The highest BCUT2D eigenvalue weighted by molar-refractivity contribution is 4.62. The number of nitrogens with two attached hydrogens (primary N) is 1. The van der Waals surface area contributed by atoms with Gasteiger partial charge >= 0.3 is 0 Å². The van der Waals surface area contributed by atoms with E-state index in [1.54, 1.807) is 0 Å². The van der Waals surface area contributed by atoms with Crippen LogP contribution in [0.15, 0.2) is 0 Å². The first kappa shape index (κ1) is 11.0. The van der Waals surface area contributed by atoms with E-state index in [4.69, 9.17) is 5.73 Å². The lowest BCUT2D eigenvalue weighted by atomic mass is 9.89. The largest absolute Gasteiger partial charge is 0.330 e. The molecule has 0 fully saturated rings. The summed E-state index contributed by atoms with van der Waals surface area (Å²) in [5.74, 6) is 1.67. The second kappa shape index (κ2) is 6.66. The van der Waals surface area contributed by atoms with Crippen molar-refractivity contribution in [2.45, 2.75) is 46.5 Å². The Labute approximate surface area is 71.4 Å². The molecular weight excluding hydrogens is 134 g/mol. The maximum Gasteiger partial charge on any atom is -0.00746 e. The van der Waals surface area contributed by atoms with Gasteiger partial charge in [0.2, 0.25) is 0 Å². The van der Waals surface area contributed by atoms with E-state index < -0.39 is 0 Å². The van der Waals surface area contributed by atoms with Crippen molar-refractivity contribution in [2.24, 2.45) is 17.6 Å². The summed E-state index contributed by atoms with van der Waals surface area (Å²) in [7, 11) is 0. The van der Waals surface area contributed by atoms with Gasteiger partial charge in [-0.15, -0.1) is 0 Å². The molecule has 0 saturated heterocycles. The van der Waals surface area contributed by atoms with Gasteiger partial charge in [0.1, 0.15) is 0 Å². The van der Waals surface area contributed by atoms with Crippen molar-refractivity contribution in [1.29, 1.82) is 0 Å². The van der Waals surface area contributed by atoms with Gasteiger partial charge in [-0.05, 0) is 24.8 Å². The van der Waals surface area contributed by atoms with Gasteiger partial charge in [-0.2, -0.15) is 0 Å². The fourth-order valence-electron chi connectivity index (χ4n) is 1.36. The Morgan fingerprint density at radius 3 is 2.09 bits per heavy atom. The Morgan fingerprint density at radius 1 is 1.09 bits per heavy atom. The molecule has 68 valence electrons. The number of hydrogen-bond acceptors (Lipinski definition) is 1. The van der Waals surface area contributed by atoms with E-state index in [2.05, 4.69) is 20.8 Å². The Bertz CT molecular complexity index is 80.9. The van der Waals surface area contributed by atoms with Crippen LogP contribution < -0.4 is 5.73 Å². The molecule has 0 aromatic heterocycles. The molecule has 11 heavy (non-hydrogen) atoms. The monoisotopic (exact) mass is 157 g/mol. The van der Waals surface area contributed by atoms with Gasteiger partial charge in [-0.1, -0.05) is 40.0 Å². The van der Waals surface area contributed by atoms with Crippen LogP contribution in [0.25, 0.3) is 0 Å². The first-order valence-corrected chi connectivity index (χ1v) is 4.92. The molecule has 0 heterocycles. The Hall–Kier alpha value is -0.0400. The highest BCUT2D eigenvalue weighted by atomic mass is 14.5.